The molecule has 2 aromatic heterocycles. The normalized spacial score (nSPS) is 10.9. The lowest BCUT2D eigenvalue weighted by atomic mass is 10.4. The number of anilines is 1. The zero-order valence-electron chi connectivity index (χ0n) is 10.4. The lowest BCUT2D eigenvalue weighted by Gasteiger charge is -2.11. The fourth-order valence-corrected chi connectivity index (χ4v) is 1.96. The van der Waals surface area contributed by atoms with Crippen LogP contribution in [0.2, 0.25) is 0 Å². The molecular formula is C10H14N6OS. The van der Waals surface area contributed by atoms with Gasteiger partial charge in [-0.2, -0.15) is 4.98 Å². The van der Waals surface area contributed by atoms with E-state index in [0.29, 0.717) is 21.7 Å². The van der Waals surface area contributed by atoms with Gasteiger partial charge in [-0.3, -0.25) is 0 Å². The Morgan fingerprint density at radius 3 is 2.78 bits per heavy atom. The number of hydrogen-bond acceptors (Lipinski definition) is 7. The number of rotatable bonds is 4. The van der Waals surface area contributed by atoms with Crippen molar-refractivity contribution in [2.24, 2.45) is 7.05 Å². The van der Waals surface area contributed by atoms with E-state index in [0.717, 1.165) is 0 Å². The van der Waals surface area contributed by atoms with Gasteiger partial charge in [0.2, 0.25) is 5.88 Å². The number of nitrogens with zero attached hydrogens (tertiary/aromatic N) is 5. The third kappa shape index (κ3) is 2.70. The van der Waals surface area contributed by atoms with Gasteiger partial charge < -0.3 is 15.0 Å². The van der Waals surface area contributed by atoms with E-state index in [1.165, 1.54) is 18.1 Å². The quantitative estimate of drug-likeness (QED) is 0.829. The predicted molar refractivity (Wildman–Crippen MR) is 67.3 cm³/mol. The minimum absolute atomic E-state index is 0.00915. The monoisotopic (exact) mass is 266 g/mol. The van der Waals surface area contributed by atoms with E-state index in [-0.39, 0.29) is 6.10 Å². The van der Waals surface area contributed by atoms with Crippen molar-refractivity contribution in [3.05, 3.63) is 12.7 Å². The summed E-state index contributed by atoms with van der Waals surface area (Å²) in [5, 5.41) is 9.07. The minimum atomic E-state index is 0.00915. The summed E-state index contributed by atoms with van der Waals surface area (Å²) in [5.41, 5.74) is 6.39. The summed E-state index contributed by atoms with van der Waals surface area (Å²) in [6.45, 7) is 3.83. The summed E-state index contributed by atoms with van der Waals surface area (Å²) in [6.07, 6.45) is 3.05. The lowest BCUT2D eigenvalue weighted by Crippen LogP contribution is -2.10. The molecular weight excluding hydrogens is 252 g/mol. The second-order valence-electron chi connectivity index (χ2n) is 3.89. The molecule has 0 saturated heterocycles. The highest BCUT2D eigenvalue weighted by atomic mass is 32.2. The number of nitrogen functional groups attached to an aromatic ring is 1. The van der Waals surface area contributed by atoms with Gasteiger partial charge in [-0.15, -0.1) is 10.2 Å². The van der Waals surface area contributed by atoms with E-state index < -0.39 is 0 Å². The molecule has 8 heteroatoms. The SMILES string of the molecule is CC(C)Oc1ncnc(Sc2nncn2C)c1N. The topological polar surface area (TPSA) is 91.7 Å². The van der Waals surface area contributed by atoms with Gasteiger partial charge in [-0.1, -0.05) is 0 Å². The molecule has 18 heavy (non-hydrogen) atoms. The molecule has 0 amide bonds. The summed E-state index contributed by atoms with van der Waals surface area (Å²) in [7, 11) is 1.85. The number of ether oxygens (including phenoxy) is 1. The third-order valence-corrected chi connectivity index (χ3v) is 3.09. The Bertz CT molecular complexity index is 541. The highest BCUT2D eigenvalue weighted by molar-refractivity contribution is 7.99. The molecule has 0 aliphatic carbocycles. The van der Waals surface area contributed by atoms with Crippen LogP contribution in [0.5, 0.6) is 5.88 Å². The van der Waals surface area contributed by atoms with Crippen molar-refractivity contribution >= 4 is 17.4 Å². The molecule has 2 rings (SSSR count). The number of hydrogen-bond donors (Lipinski definition) is 1. The molecule has 0 unspecified atom stereocenters. The molecule has 0 aromatic carbocycles. The summed E-state index contributed by atoms with van der Waals surface area (Å²) in [5.74, 6) is 0.393. The van der Waals surface area contributed by atoms with Gasteiger partial charge in [-0.05, 0) is 25.6 Å². The molecule has 2 aromatic rings. The van der Waals surface area contributed by atoms with Crippen LogP contribution in [0.1, 0.15) is 13.8 Å². The Labute approximate surface area is 109 Å². The average molecular weight is 266 g/mol. The fourth-order valence-electron chi connectivity index (χ4n) is 1.21. The van der Waals surface area contributed by atoms with Crippen LogP contribution in [0, 0.1) is 0 Å². The van der Waals surface area contributed by atoms with Crippen molar-refractivity contribution in [3.8, 4) is 5.88 Å². The summed E-state index contributed by atoms with van der Waals surface area (Å²) in [6, 6.07) is 0. The van der Waals surface area contributed by atoms with Gasteiger partial charge in [-0.25, -0.2) is 4.98 Å². The molecule has 0 radical (unpaired) electrons. The van der Waals surface area contributed by atoms with Crippen LogP contribution in [-0.2, 0) is 7.05 Å². The third-order valence-electron chi connectivity index (χ3n) is 2.02. The van der Waals surface area contributed by atoms with Crippen LogP contribution in [0.15, 0.2) is 22.8 Å². The Morgan fingerprint density at radius 1 is 1.39 bits per heavy atom. The van der Waals surface area contributed by atoms with Gasteiger partial charge in [0.25, 0.3) is 0 Å². The molecule has 0 atom stereocenters. The van der Waals surface area contributed by atoms with E-state index in [9.17, 15) is 0 Å². The summed E-state index contributed by atoms with van der Waals surface area (Å²) < 4.78 is 7.29. The average Bonchev–Trinajstić information content (AvgIpc) is 2.70. The minimum Gasteiger partial charge on any atom is -0.473 e. The van der Waals surface area contributed by atoms with Gasteiger partial charge in [0, 0.05) is 7.05 Å². The van der Waals surface area contributed by atoms with Crippen molar-refractivity contribution in [2.45, 2.75) is 30.1 Å². The van der Waals surface area contributed by atoms with E-state index in [4.69, 9.17) is 10.5 Å². The van der Waals surface area contributed by atoms with Gasteiger partial charge in [0.15, 0.2) is 5.16 Å². The van der Waals surface area contributed by atoms with Crippen molar-refractivity contribution < 1.29 is 4.74 Å². The van der Waals surface area contributed by atoms with Crippen LogP contribution >= 0.6 is 11.8 Å². The number of aryl methyl sites for hydroxylation is 1. The summed E-state index contributed by atoms with van der Waals surface area (Å²) in [4.78, 5) is 8.14. The van der Waals surface area contributed by atoms with Crippen molar-refractivity contribution in [2.75, 3.05) is 5.73 Å². The maximum Gasteiger partial charge on any atom is 0.241 e. The van der Waals surface area contributed by atoms with Crippen molar-refractivity contribution in [3.63, 3.8) is 0 Å². The fraction of sp³-hybridized carbons (Fsp3) is 0.400. The van der Waals surface area contributed by atoms with Crippen LogP contribution < -0.4 is 10.5 Å². The standard InChI is InChI=1S/C10H14N6OS/c1-6(2)17-8-7(11)9(13-4-12-8)18-10-15-14-5-16(10)3/h4-6H,11H2,1-3H3. The molecule has 0 saturated carbocycles. The highest BCUT2D eigenvalue weighted by Gasteiger charge is 2.14. The van der Waals surface area contributed by atoms with Crippen molar-refractivity contribution in [1.82, 2.24) is 24.7 Å². The van der Waals surface area contributed by atoms with E-state index >= 15 is 0 Å². The maximum absolute atomic E-state index is 5.97. The first kappa shape index (κ1) is 12.6. The summed E-state index contributed by atoms with van der Waals surface area (Å²) >= 11 is 1.32. The molecule has 0 fully saturated rings. The van der Waals surface area contributed by atoms with E-state index in [2.05, 4.69) is 20.2 Å². The number of aromatic nitrogens is 5. The van der Waals surface area contributed by atoms with Crippen LogP contribution in [0.4, 0.5) is 5.69 Å². The predicted octanol–water partition coefficient (Wildman–Crippen LogP) is 1.13. The molecule has 0 aliphatic rings. The van der Waals surface area contributed by atoms with Crippen LogP contribution in [0.25, 0.3) is 0 Å². The Hall–Kier alpha value is -1.83. The second-order valence-corrected chi connectivity index (χ2v) is 4.85. The lowest BCUT2D eigenvalue weighted by molar-refractivity contribution is 0.233. The molecule has 2 N–H and O–H groups in total. The second kappa shape index (κ2) is 5.21. The first-order valence-electron chi connectivity index (χ1n) is 5.37. The Morgan fingerprint density at radius 2 is 2.17 bits per heavy atom. The molecule has 7 nitrogen and oxygen atoms in total. The Balaban J connectivity index is 2.26. The van der Waals surface area contributed by atoms with Gasteiger partial charge in [0.05, 0.1) is 6.10 Å². The maximum atomic E-state index is 5.97. The van der Waals surface area contributed by atoms with Gasteiger partial charge in [0.1, 0.15) is 23.4 Å². The van der Waals surface area contributed by atoms with Crippen LogP contribution in [-0.4, -0.2) is 30.8 Å². The molecule has 2 heterocycles. The largest absolute Gasteiger partial charge is 0.473 e. The highest BCUT2D eigenvalue weighted by Crippen LogP contribution is 2.32. The number of nitrogens with two attached hydrogens (primary N) is 1. The Kier molecular flexibility index (Phi) is 3.66. The van der Waals surface area contributed by atoms with Gasteiger partial charge >= 0.3 is 0 Å². The van der Waals surface area contributed by atoms with E-state index in [1.54, 1.807) is 10.9 Å². The molecule has 0 spiro atoms. The smallest absolute Gasteiger partial charge is 0.241 e. The molecule has 96 valence electrons. The molecule has 0 bridgehead atoms. The van der Waals surface area contributed by atoms with Crippen molar-refractivity contribution in [1.29, 1.82) is 0 Å². The van der Waals surface area contributed by atoms with E-state index in [1.807, 2.05) is 20.9 Å². The zero-order valence-corrected chi connectivity index (χ0v) is 11.2. The first-order valence-corrected chi connectivity index (χ1v) is 6.18. The zero-order chi connectivity index (χ0) is 13.1. The molecule has 0 aliphatic heterocycles. The van der Waals surface area contributed by atoms with Crippen LogP contribution in [0.3, 0.4) is 0 Å². The first-order chi connectivity index (χ1) is 8.58.